The average Bonchev–Trinajstić information content (AvgIpc) is 3.15. The van der Waals surface area contributed by atoms with Gasteiger partial charge in [-0.2, -0.15) is 0 Å². The van der Waals surface area contributed by atoms with Crippen molar-refractivity contribution in [3.8, 4) is 0 Å². The van der Waals surface area contributed by atoms with Crippen molar-refractivity contribution in [2.45, 2.75) is 57.0 Å². The minimum Gasteiger partial charge on any atom is -0.305 e. The van der Waals surface area contributed by atoms with Crippen LogP contribution in [0.2, 0.25) is 0 Å². The molecule has 2 aliphatic carbocycles. The van der Waals surface area contributed by atoms with Gasteiger partial charge in [0.2, 0.25) is 0 Å². The molecule has 0 atom stereocenters. The van der Waals surface area contributed by atoms with Gasteiger partial charge in [0.15, 0.2) is 0 Å². The van der Waals surface area contributed by atoms with Gasteiger partial charge in [-0.05, 0) is 79.3 Å². The van der Waals surface area contributed by atoms with Gasteiger partial charge in [0.25, 0.3) is 0 Å². The Morgan fingerprint density at radius 3 is 2.38 bits per heavy atom. The summed E-state index contributed by atoms with van der Waals surface area (Å²) in [5.74, 6) is 0.716. The van der Waals surface area contributed by atoms with Gasteiger partial charge in [0.05, 0.1) is 0 Å². The first-order chi connectivity index (χ1) is 14.0. The first kappa shape index (κ1) is 19.3. The molecule has 0 radical (unpaired) electrons. The lowest BCUT2D eigenvalue weighted by molar-refractivity contribution is -0.0810. The second-order valence-corrected chi connectivity index (χ2v) is 10.1. The maximum absolute atomic E-state index is 13.4. The van der Waals surface area contributed by atoms with Gasteiger partial charge in [-0.25, -0.2) is 4.39 Å². The lowest BCUT2D eigenvalue weighted by atomic mass is 9.57. The third-order valence-electron chi connectivity index (χ3n) is 7.65. The Kier molecular flexibility index (Phi) is 4.99. The normalized spacial score (nSPS) is 23.1. The fourth-order valence-corrected chi connectivity index (χ4v) is 6.45. The number of nitrogens with zero attached hydrogens (tertiary/aromatic N) is 1. The van der Waals surface area contributed by atoms with Crippen LogP contribution in [0.3, 0.4) is 0 Å². The summed E-state index contributed by atoms with van der Waals surface area (Å²) in [7, 11) is 2.23. The van der Waals surface area contributed by atoms with E-state index in [-0.39, 0.29) is 11.4 Å². The standard InChI is InChI=1S/C26H33FN2/c1-29-18-25(19-29)15-22(16-25)14-20-5-4-6-21(13-20)17-28-26(11-2-3-12-26)23-7-9-24(27)10-8-23/h4-10,13,22,28H,2-3,11-12,14-19H2,1H3. The summed E-state index contributed by atoms with van der Waals surface area (Å²) in [4.78, 5) is 2.45. The first-order valence-corrected chi connectivity index (χ1v) is 11.3. The van der Waals surface area contributed by atoms with E-state index in [1.54, 1.807) is 12.1 Å². The van der Waals surface area contributed by atoms with E-state index in [0.29, 0.717) is 5.41 Å². The summed E-state index contributed by atoms with van der Waals surface area (Å²) in [6.45, 7) is 3.49. The molecule has 3 heteroatoms. The highest BCUT2D eigenvalue weighted by molar-refractivity contribution is 5.28. The smallest absolute Gasteiger partial charge is 0.123 e. The van der Waals surface area contributed by atoms with E-state index < -0.39 is 0 Å². The average molecular weight is 393 g/mol. The topological polar surface area (TPSA) is 15.3 Å². The summed E-state index contributed by atoms with van der Waals surface area (Å²) in [6, 6.07) is 16.3. The van der Waals surface area contributed by atoms with Crippen LogP contribution in [0.1, 0.15) is 55.2 Å². The van der Waals surface area contributed by atoms with Crippen molar-refractivity contribution in [1.29, 1.82) is 0 Å². The molecule has 2 aromatic rings. The second kappa shape index (κ2) is 7.52. The SMILES string of the molecule is CN1CC2(CC(Cc3cccc(CNC4(c5ccc(F)cc5)CCCC4)c3)C2)C1. The van der Waals surface area contributed by atoms with Gasteiger partial charge in [-0.1, -0.05) is 49.2 Å². The van der Waals surface area contributed by atoms with Crippen molar-refractivity contribution in [2.24, 2.45) is 11.3 Å². The summed E-state index contributed by atoms with van der Waals surface area (Å²) >= 11 is 0. The zero-order chi connectivity index (χ0) is 19.9. The van der Waals surface area contributed by atoms with Crippen LogP contribution in [0.5, 0.6) is 0 Å². The molecular formula is C26H33FN2. The molecule has 2 nitrogen and oxygen atoms in total. The molecule has 1 saturated heterocycles. The fourth-order valence-electron chi connectivity index (χ4n) is 6.45. The number of halogens is 1. The molecule has 2 aromatic carbocycles. The molecule has 1 spiro atoms. The minimum atomic E-state index is -0.152. The van der Waals surface area contributed by atoms with Crippen molar-refractivity contribution in [3.63, 3.8) is 0 Å². The Morgan fingerprint density at radius 2 is 1.69 bits per heavy atom. The minimum absolute atomic E-state index is 0.000306. The quantitative estimate of drug-likeness (QED) is 0.720. The summed E-state index contributed by atoms with van der Waals surface area (Å²) < 4.78 is 13.4. The van der Waals surface area contributed by atoms with Gasteiger partial charge in [-0.15, -0.1) is 0 Å². The summed E-state index contributed by atoms with van der Waals surface area (Å²) in [6.07, 6.45) is 8.79. The molecule has 0 unspecified atom stereocenters. The highest BCUT2D eigenvalue weighted by atomic mass is 19.1. The molecule has 0 amide bonds. The third kappa shape index (κ3) is 3.87. The van der Waals surface area contributed by atoms with Crippen LogP contribution in [0.4, 0.5) is 4.39 Å². The van der Waals surface area contributed by atoms with E-state index in [2.05, 4.69) is 41.5 Å². The van der Waals surface area contributed by atoms with E-state index in [0.717, 1.165) is 25.3 Å². The Bertz CT molecular complexity index is 839. The van der Waals surface area contributed by atoms with Crippen molar-refractivity contribution in [2.75, 3.05) is 20.1 Å². The van der Waals surface area contributed by atoms with E-state index in [1.807, 2.05) is 12.1 Å². The van der Waals surface area contributed by atoms with E-state index >= 15 is 0 Å². The van der Waals surface area contributed by atoms with Gasteiger partial charge in [-0.3, -0.25) is 0 Å². The third-order valence-corrected chi connectivity index (χ3v) is 7.65. The van der Waals surface area contributed by atoms with Crippen LogP contribution < -0.4 is 5.32 Å². The number of rotatable bonds is 6. The Morgan fingerprint density at radius 1 is 1.00 bits per heavy atom. The van der Waals surface area contributed by atoms with Crippen molar-refractivity contribution >= 4 is 0 Å². The van der Waals surface area contributed by atoms with Gasteiger partial charge in [0, 0.05) is 25.2 Å². The van der Waals surface area contributed by atoms with Gasteiger partial charge >= 0.3 is 0 Å². The Labute approximate surface area is 174 Å². The maximum atomic E-state index is 13.4. The van der Waals surface area contributed by atoms with Gasteiger partial charge in [0.1, 0.15) is 5.82 Å². The molecule has 3 fully saturated rings. The maximum Gasteiger partial charge on any atom is 0.123 e. The number of likely N-dealkylation sites (tertiary alicyclic amines) is 1. The van der Waals surface area contributed by atoms with Gasteiger partial charge < -0.3 is 10.2 Å². The molecule has 3 aliphatic rings. The van der Waals surface area contributed by atoms with Crippen molar-refractivity contribution in [1.82, 2.24) is 10.2 Å². The summed E-state index contributed by atoms with van der Waals surface area (Å²) in [5, 5.41) is 3.86. The van der Waals surface area contributed by atoms with Crippen LogP contribution in [0.25, 0.3) is 0 Å². The number of benzene rings is 2. The lowest BCUT2D eigenvalue weighted by Crippen LogP contribution is -2.60. The first-order valence-electron chi connectivity index (χ1n) is 11.3. The molecule has 29 heavy (non-hydrogen) atoms. The van der Waals surface area contributed by atoms with Crippen LogP contribution in [0.15, 0.2) is 48.5 Å². The predicted octanol–water partition coefficient (Wildman–Crippen LogP) is 5.27. The lowest BCUT2D eigenvalue weighted by Gasteiger charge is -2.58. The Hall–Kier alpha value is -1.71. The number of hydrogen-bond donors (Lipinski definition) is 1. The zero-order valence-electron chi connectivity index (χ0n) is 17.6. The van der Waals surface area contributed by atoms with Crippen LogP contribution in [-0.4, -0.2) is 25.0 Å². The van der Waals surface area contributed by atoms with E-state index in [4.69, 9.17) is 0 Å². The number of hydrogen-bond acceptors (Lipinski definition) is 2. The molecule has 1 N–H and O–H groups in total. The monoisotopic (exact) mass is 392 g/mol. The number of nitrogens with one attached hydrogen (secondary N) is 1. The van der Waals surface area contributed by atoms with Crippen molar-refractivity contribution < 1.29 is 4.39 Å². The highest BCUT2D eigenvalue weighted by Crippen LogP contribution is 2.52. The predicted molar refractivity (Wildman–Crippen MR) is 116 cm³/mol. The highest BCUT2D eigenvalue weighted by Gasteiger charge is 2.50. The molecule has 1 heterocycles. The molecule has 5 rings (SSSR count). The largest absolute Gasteiger partial charge is 0.305 e. The molecule has 0 bridgehead atoms. The molecule has 2 saturated carbocycles. The van der Waals surface area contributed by atoms with E-state index in [1.165, 1.54) is 61.9 Å². The summed E-state index contributed by atoms with van der Waals surface area (Å²) in [5.41, 5.74) is 4.76. The fraction of sp³-hybridized carbons (Fsp3) is 0.538. The second-order valence-electron chi connectivity index (χ2n) is 10.1. The van der Waals surface area contributed by atoms with Crippen molar-refractivity contribution in [3.05, 3.63) is 71.0 Å². The van der Waals surface area contributed by atoms with Crippen LogP contribution in [-0.2, 0) is 18.5 Å². The molecule has 0 aromatic heterocycles. The van der Waals surface area contributed by atoms with E-state index in [9.17, 15) is 4.39 Å². The molecule has 1 aliphatic heterocycles. The molecular weight excluding hydrogens is 359 g/mol. The van der Waals surface area contributed by atoms with Crippen LogP contribution in [0, 0.1) is 17.2 Å². The zero-order valence-corrected chi connectivity index (χ0v) is 17.6. The van der Waals surface area contributed by atoms with Crippen LogP contribution >= 0.6 is 0 Å². The Balaban J connectivity index is 1.21. The molecule has 154 valence electrons.